The Hall–Kier alpha value is -1.63. The first-order valence-corrected chi connectivity index (χ1v) is 8.53. The third-order valence-corrected chi connectivity index (χ3v) is 5.17. The van der Waals surface area contributed by atoms with Crippen LogP contribution in [0.2, 0.25) is 0 Å². The minimum absolute atomic E-state index is 0.0342. The van der Waals surface area contributed by atoms with E-state index in [-0.39, 0.29) is 18.0 Å². The van der Waals surface area contributed by atoms with Crippen molar-refractivity contribution in [2.45, 2.75) is 6.04 Å². The van der Waals surface area contributed by atoms with Crippen LogP contribution in [0.25, 0.3) is 0 Å². The van der Waals surface area contributed by atoms with E-state index >= 15 is 0 Å². The van der Waals surface area contributed by atoms with Crippen LogP contribution in [0.3, 0.4) is 0 Å². The molecule has 6 nitrogen and oxygen atoms in total. The van der Waals surface area contributed by atoms with Crippen molar-refractivity contribution in [2.75, 3.05) is 39.3 Å². The number of rotatable bonds is 4. The Bertz CT molecular complexity index is 663. The first kappa shape index (κ1) is 17.2. The topological polar surface area (TPSA) is 56.2 Å². The molecule has 1 aliphatic carbocycles. The number of aliphatic imine (C=N–C) groups is 1. The van der Waals surface area contributed by atoms with E-state index in [1.807, 2.05) is 0 Å². The number of carbonyl (C=O) groups excluding carboxylic acids is 2. The van der Waals surface area contributed by atoms with Crippen LogP contribution in [0.5, 0.6) is 0 Å². The Morgan fingerprint density at radius 1 is 1.25 bits per heavy atom. The zero-order chi connectivity index (χ0) is 17.3. The Morgan fingerprint density at radius 3 is 2.62 bits per heavy atom. The monoisotopic (exact) mass is 368 g/mol. The van der Waals surface area contributed by atoms with E-state index in [0.717, 1.165) is 19.6 Å². The molecule has 2 aliphatic heterocycles. The number of amides is 3. The van der Waals surface area contributed by atoms with E-state index in [2.05, 4.69) is 16.5 Å². The largest absolute Gasteiger partial charge is 0.344 e. The van der Waals surface area contributed by atoms with Gasteiger partial charge in [-0.1, -0.05) is 29.8 Å². The number of halogens is 2. The highest BCUT2D eigenvalue weighted by Gasteiger charge is 2.35. The fourth-order valence-corrected chi connectivity index (χ4v) is 3.38. The van der Waals surface area contributed by atoms with Crippen LogP contribution in [0.15, 0.2) is 39.9 Å². The molecule has 0 aromatic rings. The predicted octanol–water partition coefficient (Wildman–Crippen LogP) is 1.82. The van der Waals surface area contributed by atoms with E-state index in [4.69, 9.17) is 23.2 Å². The molecule has 3 rings (SSSR count). The smallest absolute Gasteiger partial charge is 0.337 e. The highest BCUT2D eigenvalue weighted by Crippen LogP contribution is 2.29. The Kier molecular flexibility index (Phi) is 5.08. The maximum atomic E-state index is 12.1. The molecule has 1 saturated heterocycles. The highest BCUT2D eigenvalue weighted by molar-refractivity contribution is 6.46. The summed E-state index contributed by atoms with van der Waals surface area (Å²) in [7, 11) is 0. The Labute approximate surface area is 150 Å². The van der Waals surface area contributed by atoms with Crippen LogP contribution < -0.4 is 0 Å². The van der Waals surface area contributed by atoms with Gasteiger partial charge in [-0.25, -0.2) is 4.79 Å². The minimum atomic E-state index is -0.265. The van der Waals surface area contributed by atoms with Gasteiger partial charge < -0.3 is 9.80 Å². The number of urea groups is 1. The molecular weight excluding hydrogens is 351 g/mol. The molecule has 2 heterocycles. The van der Waals surface area contributed by atoms with Gasteiger partial charge in [0.25, 0.3) is 0 Å². The average Bonchev–Trinajstić information content (AvgIpc) is 2.87. The lowest BCUT2D eigenvalue weighted by Crippen LogP contribution is -2.50. The van der Waals surface area contributed by atoms with Crippen LogP contribution in [-0.4, -0.2) is 77.7 Å². The van der Waals surface area contributed by atoms with E-state index in [1.165, 1.54) is 6.08 Å². The maximum absolute atomic E-state index is 12.1. The van der Waals surface area contributed by atoms with Gasteiger partial charge in [0, 0.05) is 39.3 Å². The molecule has 0 aromatic heterocycles. The summed E-state index contributed by atoms with van der Waals surface area (Å²) in [4.78, 5) is 33.5. The Balaban J connectivity index is 1.54. The summed E-state index contributed by atoms with van der Waals surface area (Å²) in [5.41, 5.74) is 0.635. The number of hydrogen-bond donors (Lipinski definition) is 0. The second-order valence-corrected chi connectivity index (χ2v) is 6.65. The number of allylic oxidation sites excluding steroid dienone is 2. The molecule has 3 amide bonds. The fourth-order valence-electron chi connectivity index (χ4n) is 3.03. The van der Waals surface area contributed by atoms with Gasteiger partial charge in [-0.05, 0) is 18.2 Å². The lowest BCUT2D eigenvalue weighted by atomic mass is 10.1. The molecule has 0 radical (unpaired) electrons. The SMILES string of the molecule is C=CC(=O)N1CCN(CCN2C(=O)N=C3C=C(Cl)C(Cl)=CC32)CC1. The van der Waals surface area contributed by atoms with Gasteiger partial charge in [-0.3, -0.25) is 9.69 Å². The molecule has 1 fully saturated rings. The molecule has 8 heteroatoms. The summed E-state index contributed by atoms with van der Waals surface area (Å²) in [6.45, 7) is 7.70. The first-order chi connectivity index (χ1) is 11.5. The molecule has 24 heavy (non-hydrogen) atoms. The van der Waals surface area contributed by atoms with Crippen molar-refractivity contribution >= 4 is 40.9 Å². The lowest BCUT2D eigenvalue weighted by Gasteiger charge is -2.35. The maximum Gasteiger partial charge on any atom is 0.344 e. The highest BCUT2D eigenvalue weighted by atomic mass is 35.5. The zero-order valence-corrected chi connectivity index (χ0v) is 14.6. The number of carbonyl (C=O) groups is 2. The van der Waals surface area contributed by atoms with Gasteiger partial charge in [0.15, 0.2) is 0 Å². The van der Waals surface area contributed by atoms with Crippen molar-refractivity contribution in [2.24, 2.45) is 4.99 Å². The normalized spacial score (nSPS) is 24.3. The van der Waals surface area contributed by atoms with Crippen molar-refractivity contribution in [3.05, 3.63) is 34.9 Å². The van der Waals surface area contributed by atoms with E-state index in [9.17, 15) is 9.59 Å². The standard InChI is InChI=1S/C16H18Cl2N4O2/c1-2-15(23)21-6-3-20(4-7-21)5-8-22-14-10-12(18)11(17)9-13(14)19-16(22)24/h2,9-10,14H,1,3-8H2. The molecule has 1 atom stereocenters. The van der Waals surface area contributed by atoms with Gasteiger partial charge in [0.05, 0.1) is 21.8 Å². The molecule has 3 aliphatic rings. The van der Waals surface area contributed by atoms with Crippen LogP contribution in [0.4, 0.5) is 4.79 Å². The Morgan fingerprint density at radius 2 is 1.96 bits per heavy atom. The fraction of sp³-hybridized carbons (Fsp3) is 0.438. The molecule has 0 bridgehead atoms. The summed E-state index contributed by atoms with van der Waals surface area (Å²) in [5, 5.41) is 0.848. The van der Waals surface area contributed by atoms with Gasteiger partial charge in [-0.2, -0.15) is 4.99 Å². The van der Waals surface area contributed by atoms with E-state index < -0.39 is 0 Å². The molecule has 0 aromatic carbocycles. The second kappa shape index (κ2) is 7.09. The zero-order valence-electron chi connectivity index (χ0n) is 13.1. The van der Waals surface area contributed by atoms with E-state index in [0.29, 0.717) is 35.4 Å². The minimum Gasteiger partial charge on any atom is -0.337 e. The van der Waals surface area contributed by atoms with Crippen molar-refractivity contribution in [3.63, 3.8) is 0 Å². The molecular formula is C16H18Cl2N4O2. The predicted molar refractivity (Wildman–Crippen MR) is 94.4 cm³/mol. The van der Waals surface area contributed by atoms with Crippen molar-refractivity contribution in [1.82, 2.24) is 14.7 Å². The van der Waals surface area contributed by atoms with E-state index in [1.54, 1.807) is 22.0 Å². The van der Waals surface area contributed by atoms with Gasteiger partial charge >= 0.3 is 6.03 Å². The van der Waals surface area contributed by atoms with Crippen LogP contribution in [0.1, 0.15) is 0 Å². The van der Waals surface area contributed by atoms with Crippen molar-refractivity contribution in [3.8, 4) is 0 Å². The summed E-state index contributed by atoms with van der Waals surface area (Å²) in [6.07, 6.45) is 4.75. The summed E-state index contributed by atoms with van der Waals surface area (Å²) in [5.74, 6) is -0.0342. The molecule has 0 N–H and O–H groups in total. The van der Waals surface area contributed by atoms with Crippen molar-refractivity contribution in [1.29, 1.82) is 0 Å². The number of hydrogen-bond acceptors (Lipinski definition) is 3. The van der Waals surface area contributed by atoms with Crippen LogP contribution >= 0.6 is 23.2 Å². The molecule has 128 valence electrons. The molecule has 0 spiro atoms. The molecule has 0 saturated carbocycles. The molecule has 1 unspecified atom stereocenters. The average molecular weight is 369 g/mol. The summed E-state index contributed by atoms with van der Waals surface area (Å²) < 4.78 is 0. The first-order valence-electron chi connectivity index (χ1n) is 7.77. The number of fused-ring (bicyclic) bond motifs is 1. The second-order valence-electron chi connectivity index (χ2n) is 5.84. The van der Waals surface area contributed by atoms with Gasteiger partial charge in [0.2, 0.25) is 5.91 Å². The van der Waals surface area contributed by atoms with Gasteiger partial charge in [-0.15, -0.1) is 0 Å². The summed E-state index contributed by atoms with van der Waals surface area (Å²) in [6, 6.07) is -0.505. The quantitative estimate of drug-likeness (QED) is 0.711. The third kappa shape index (κ3) is 3.41. The van der Waals surface area contributed by atoms with Crippen LogP contribution in [-0.2, 0) is 4.79 Å². The summed E-state index contributed by atoms with van der Waals surface area (Å²) >= 11 is 12.0. The number of piperazine rings is 1. The number of nitrogens with zero attached hydrogens (tertiary/aromatic N) is 4. The van der Waals surface area contributed by atoms with Gasteiger partial charge in [0.1, 0.15) is 0 Å². The van der Waals surface area contributed by atoms with Crippen LogP contribution in [0, 0.1) is 0 Å². The lowest BCUT2D eigenvalue weighted by molar-refractivity contribution is -0.127. The van der Waals surface area contributed by atoms with Crippen molar-refractivity contribution < 1.29 is 9.59 Å². The third-order valence-electron chi connectivity index (χ3n) is 4.43.